The first-order valence-electron chi connectivity index (χ1n) is 23.3. The maximum Gasteiger partial charge on any atom is 0.0754 e. The van der Waals surface area contributed by atoms with Crippen LogP contribution in [0, 0.1) is 0 Å². The fourth-order valence-electron chi connectivity index (χ4n) is 11.9. The number of benzene rings is 11. The van der Waals surface area contributed by atoms with Gasteiger partial charge in [0.2, 0.25) is 0 Å². The molecule has 1 atom stereocenters. The van der Waals surface area contributed by atoms with Crippen LogP contribution in [0.15, 0.2) is 255 Å². The van der Waals surface area contributed by atoms with Crippen LogP contribution >= 0.6 is 0 Å². The standard InChI is InChI=1S/C65H42N2/c1-3-20-43(21-4-1)46-24-7-8-25-48(46)52-29-12-16-35-60(52)66(45-22-5-2-6-23-45)62-41-40-47(49-26-9-10-28-53(49)62)44-38-39-51-50-27-11-14-32-56(50)65(59(51)42-44)57-33-15-18-37-63(57)67-61-36-17-13-30-54(61)55-31-19-34-58(65)64(55)67/h1-42H. The SMILES string of the molecule is c1ccc(-c2ccccc2-c2ccccc2N(c2ccccc2)c2ccc(-c3ccc4c(c3)C3(c5ccccc5-4)c4ccccc4-n4c5ccccc5c5cccc3c54)c3ccccc23)cc1. The molecule has 0 N–H and O–H groups in total. The third-order valence-corrected chi connectivity index (χ3v) is 14.6. The highest BCUT2D eigenvalue weighted by Crippen LogP contribution is 2.61. The van der Waals surface area contributed by atoms with Crippen LogP contribution in [0.5, 0.6) is 0 Å². The number of nitrogens with zero attached hydrogens (tertiary/aromatic N) is 2. The van der Waals surface area contributed by atoms with Crippen molar-refractivity contribution in [3.63, 3.8) is 0 Å². The van der Waals surface area contributed by atoms with E-state index in [0.29, 0.717) is 0 Å². The molecule has 12 aromatic rings. The van der Waals surface area contributed by atoms with Gasteiger partial charge in [-0.3, -0.25) is 0 Å². The lowest BCUT2D eigenvalue weighted by Crippen LogP contribution is -2.33. The predicted octanol–water partition coefficient (Wildman–Crippen LogP) is 17.1. The summed E-state index contributed by atoms with van der Waals surface area (Å²) in [6.45, 7) is 0. The van der Waals surface area contributed by atoms with Crippen molar-refractivity contribution in [3.05, 3.63) is 277 Å². The highest BCUT2D eigenvalue weighted by molar-refractivity contribution is 6.13. The van der Waals surface area contributed by atoms with E-state index in [9.17, 15) is 0 Å². The Labute approximate surface area is 389 Å². The third-order valence-electron chi connectivity index (χ3n) is 14.6. The van der Waals surface area contributed by atoms with Crippen LogP contribution in [-0.4, -0.2) is 4.57 Å². The van der Waals surface area contributed by atoms with E-state index >= 15 is 0 Å². The van der Waals surface area contributed by atoms with E-state index in [0.717, 1.165) is 17.1 Å². The smallest absolute Gasteiger partial charge is 0.0754 e. The quantitative estimate of drug-likeness (QED) is 0.162. The van der Waals surface area contributed by atoms with Gasteiger partial charge in [-0.05, 0) is 109 Å². The highest BCUT2D eigenvalue weighted by atomic mass is 15.1. The lowest BCUT2D eigenvalue weighted by atomic mass is 9.65. The summed E-state index contributed by atoms with van der Waals surface area (Å²) < 4.78 is 2.52. The van der Waals surface area contributed by atoms with Crippen molar-refractivity contribution in [1.82, 2.24) is 4.57 Å². The van der Waals surface area contributed by atoms with Gasteiger partial charge >= 0.3 is 0 Å². The number of rotatable bonds is 6. The summed E-state index contributed by atoms with van der Waals surface area (Å²) in [6.07, 6.45) is 0. The monoisotopic (exact) mass is 850 g/mol. The molecule has 0 bridgehead atoms. The number of fused-ring (bicyclic) bond motifs is 13. The van der Waals surface area contributed by atoms with Crippen LogP contribution in [0.3, 0.4) is 0 Å². The topological polar surface area (TPSA) is 8.17 Å². The second-order valence-corrected chi connectivity index (χ2v) is 17.9. The van der Waals surface area contributed by atoms with Gasteiger partial charge < -0.3 is 9.47 Å². The number of hydrogen-bond donors (Lipinski definition) is 0. The molecule has 2 nitrogen and oxygen atoms in total. The number of para-hydroxylation sites is 5. The van der Waals surface area contributed by atoms with Gasteiger partial charge in [-0.15, -0.1) is 0 Å². The molecule has 1 unspecified atom stereocenters. The predicted molar refractivity (Wildman–Crippen MR) is 280 cm³/mol. The summed E-state index contributed by atoms with van der Waals surface area (Å²) in [4.78, 5) is 2.45. The molecule has 1 aliphatic heterocycles. The highest BCUT2D eigenvalue weighted by Gasteiger charge is 2.50. The van der Waals surface area contributed by atoms with E-state index in [-0.39, 0.29) is 0 Å². The zero-order valence-corrected chi connectivity index (χ0v) is 36.6. The van der Waals surface area contributed by atoms with Crippen LogP contribution < -0.4 is 4.90 Å². The minimum Gasteiger partial charge on any atom is -0.309 e. The van der Waals surface area contributed by atoms with E-state index < -0.39 is 5.41 Å². The molecule has 11 aromatic carbocycles. The van der Waals surface area contributed by atoms with E-state index in [1.807, 2.05) is 0 Å². The Kier molecular flexibility index (Phi) is 8.23. The van der Waals surface area contributed by atoms with E-state index in [2.05, 4.69) is 264 Å². The maximum absolute atomic E-state index is 2.52. The van der Waals surface area contributed by atoms with Gasteiger partial charge in [-0.25, -0.2) is 0 Å². The van der Waals surface area contributed by atoms with Crippen molar-refractivity contribution in [2.75, 3.05) is 4.90 Å². The molecule has 2 heterocycles. The largest absolute Gasteiger partial charge is 0.309 e. The normalized spacial score (nSPS) is 14.3. The average molecular weight is 851 g/mol. The Bertz CT molecular complexity index is 3940. The third kappa shape index (κ3) is 5.33. The van der Waals surface area contributed by atoms with Crippen LogP contribution in [0.1, 0.15) is 22.3 Å². The second-order valence-electron chi connectivity index (χ2n) is 17.9. The van der Waals surface area contributed by atoms with Crippen molar-refractivity contribution in [1.29, 1.82) is 0 Å². The minimum atomic E-state index is -0.526. The first-order chi connectivity index (χ1) is 33.3. The summed E-state index contributed by atoms with van der Waals surface area (Å²) >= 11 is 0. The molecule has 2 aliphatic rings. The first kappa shape index (κ1) is 37.6. The average Bonchev–Trinajstić information content (AvgIpc) is 3.90. The molecule has 0 radical (unpaired) electrons. The fraction of sp³-hybridized carbons (Fsp3) is 0.0154. The van der Waals surface area contributed by atoms with Crippen LogP contribution in [0.25, 0.3) is 82.8 Å². The molecule has 312 valence electrons. The molecule has 1 aromatic heterocycles. The molecular formula is C65H42N2. The molecule has 0 saturated heterocycles. The lowest BCUT2D eigenvalue weighted by Gasteiger charge is -2.39. The van der Waals surface area contributed by atoms with Crippen molar-refractivity contribution < 1.29 is 0 Å². The minimum absolute atomic E-state index is 0.526. The zero-order chi connectivity index (χ0) is 44.1. The van der Waals surface area contributed by atoms with Gasteiger partial charge in [-0.1, -0.05) is 212 Å². The number of hydrogen-bond acceptors (Lipinski definition) is 1. The number of anilines is 3. The van der Waals surface area contributed by atoms with Crippen molar-refractivity contribution in [3.8, 4) is 50.2 Å². The molecule has 67 heavy (non-hydrogen) atoms. The van der Waals surface area contributed by atoms with E-state index in [1.54, 1.807) is 0 Å². The fourth-order valence-corrected chi connectivity index (χ4v) is 11.9. The Morgan fingerprint density at radius 1 is 0.299 bits per heavy atom. The molecular weight excluding hydrogens is 809 g/mol. The molecule has 14 rings (SSSR count). The molecule has 0 fully saturated rings. The van der Waals surface area contributed by atoms with Crippen molar-refractivity contribution >= 4 is 49.6 Å². The summed E-state index contributed by atoms with van der Waals surface area (Å²) in [5.41, 5.74) is 21.7. The molecule has 0 amide bonds. The van der Waals surface area contributed by atoms with Gasteiger partial charge in [-0.2, -0.15) is 0 Å². The Hall–Kier alpha value is -8.72. The lowest BCUT2D eigenvalue weighted by molar-refractivity contribution is 0.749. The van der Waals surface area contributed by atoms with E-state index in [4.69, 9.17) is 0 Å². The molecule has 1 spiro atoms. The summed E-state index contributed by atoms with van der Waals surface area (Å²) in [5, 5.41) is 4.97. The van der Waals surface area contributed by atoms with E-state index in [1.165, 1.54) is 105 Å². The van der Waals surface area contributed by atoms with Crippen molar-refractivity contribution in [2.45, 2.75) is 5.41 Å². The van der Waals surface area contributed by atoms with Crippen LogP contribution in [0.4, 0.5) is 17.1 Å². The van der Waals surface area contributed by atoms with Gasteiger partial charge in [0.05, 0.1) is 33.5 Å². The van der Waals surface area contributed by atoms with Gasteiger partial charge in [0.25, 0.3) is 0 Å². The summed E-state index contributed by atoms with van der Waals surface area (Å²) in [5.74, 6) is 0. The maximum atomic E-state index is 2.52. The zero-order valence-electron chi connectivity index (χ0n) is 36.6. The van der Waals surface area contributed by atoms with Gasteiger partial charge in [0.1, 0.15) is 0 Å². The van der Waals surface area contributed by atoms with Crippen molar-refractivity contribution in [2.24, 2.45) is 0 Å². The second kappa shape index (κ2) is 14.7. The van der Waals surface area contributed by atoms with Crippen LogP contribution in [0.2, 0.25) is 0 Å². The molecule has 2 heteroatoms. The number of aromatic nitrogens is 1. The Balaban J connectivity index is 0.996. The van der Waals surface area contributed by atoms with Gasteiger partial charge in [0.15, 0.2) is 0 Å². The van der Waals surface area contributed by atoms with Gasteiger partial charge in [0, 0.05) is 27.4 Å². The molecule has 0 saturated carbocycles. The Morgan fingerprint density at radius 3 is 1.72 bits per heavy atom. The van der Waals surface area contributed by atoms with Crippen LogP contribution in [-0.2, 0) is 5.41 Å². The Morgan fingerprint density at radius 2 is 0.881 bits per heavy atom. The summed E-state index contributed by atoms with van der Waals surface area (Å²) in [7, 11) is 0. The summed E-state index contributed by atoms with van der Waals surface area (Å²) in [6, 6.07) is 94.3. The molecule has 1 aliphatic carbocycles. The first-order valence-corrected chi connectivity index (χ1v) is 23.3.